The van der Waals surface area contributed by atoms with Crippen LogP contribution in [0, 0.1) is 0 Å². The van der Waals surface area contributed by atoms with Gasteiger partial charge in [0.05, 0.1) is 29.3 Å². The van der Waals surface area contributed by atoms with Crippen LogP contribution >= 0.6 is 34.5 Å². The smallest absolute Gasteiger partial charge is 0.311 e. The summed E-state index contributed by atoms with van der Waals surface area (Å²) in [7, 11) is 1.36. The van der Waals surface area contributed by atoms with Crippen molar-refractivity contribution in [1.29, 1.82) is 0 Å². The maximum atomic E-state index is 11.1. The van der Waals surface area contributed by atoms with E-state index in [1.165, 1.54) is 18.4 Å². The summed E-state index contributed by atoms with van der Waals surface area (Å²) in [5, 5.41) is 3.62. The molecule has 0 aliphatic heterocycles. The molecule has 0 spiro atoms. The highest BCUT2D eigenvalue weighted by atomic mass is 35.5. The monoisotopic (exact) mass is 301 g/mol. The molecule has 1 heterocycles. The number of methoxy groups -OCH3 is 1. The van der Waals surface area contributed by atoms with Crippen LogP contribution in [0.1, 0.15) is 5.69 Å². The summed E-state index contributed by atoms with van der Waals surface area (Å²) in [4.78, 5) is 15.5. The number of benzene rings is 1. The van der Waals surface area contributed by atoms with Crippen molar-refractivity contribution in [2.75, 3.05) is 7.11 Å². The van der Waals surface area contributed by atoms with Crippen LogP contribution in [0.2, 0.25) is 10.0 Å². The third-order valence-corrected chi connectivity index (χ3v) is 3.95. The maximum absolute atomic E-state index is 11.1. The van der Waals surface area contributed by atoms with Gasteiger partial charge in [-0.15, -0.1) is 11.3 Å². The van der Waals surface area contributed by atoms with Crippen molar-refractivity contribution in [3.8, 4) is 10.6 Å². The quantitative estimate of drug-likeness (QED) is 0.809. The van der Waals surface area contributed by atoms with E-state index in [0.29, 0.717) is 15.7 Å². The maximum Gasteiger partial charge on any atom is 0.311 e. The van der Waals surface area contributed by atoms with Gasteiger partial charge in [0.1, 0.15) is 5.01 Å². The van der Waals surface area contributed by atoms with Crippen molar-refractivity contribution in [3.63, 3.8) is 0 Å². The second-order valence-corrected chi connectivity index (χ2v) is 5.20. The molecule has 0 aliphatic rings. The van der Waals surface area contributed by atoms with Crippen LogP contribution in [0.15, 0.2) is 23.6 Å². The van der Waals surface area contributed by atoms with Crippen molar-refractivity contribution < 1.29 is 9.53 Å². The first-order valence-corrected chi connectivity index (χ1v) is 6.70. The molecule has 0 fully saturated rings. The van der Waals surface area contributed by atoms with E-state index in [2.05, 4.69) is 9.72 Å². The van der Waals surface area contributed by atoms with Gasteiger partial charge in [0.15, 0.2) is 0 Å². The summed E-state index contributed by atoms with van der Waals surface area (Å²) in [6, 6.07) is 5.32. The lowest BCUT2D eigenvalue weighted by Gasteiger charge is -1.99. The number of carbonyl (C=O) groups is 1. The molecule has 6 heteroatoms. The molecule has 0 saturated heterocycles. The van der Waals surface area contributed by atoms with Gasteiger partial charge in [-0.2, -0.15) is 0 Å². The van der Waals surface area contributed by atoms with Gasteiger partial charge in [0, 0.05) is 10.9 Å². The zero-order valence-electron chi connectivity index (χ0n) is 9.44. The average Bonchev–Trinajstić information content (AvgIpc) is 2.81. The Hall–Kier alpha value is -1.10. The van der Waals surface area contributed by atoms with Crippen LogP contribution in [0.4, 0.5) is 0 Å². The molecular weight excluding hydrogens is 293 g/mol. The normalized spacial score (nSPS) is 10.4. The Bertz CT molecular complexity index is 583. The third kappa shape index (κ3) is 3.02. The van der Waals surface area contributed by atoms with Gasteiger partial charge in [-0.25, -0.2) is 4.98 Å². The third-order valence-electron chi connectivity index (χ3n) is 2.27. The number of esters is 1. The molecule has 0 unspecified atom stereocenters. The lowest BCUT2D eigenvalue weighted by molar-refractivity contribution is -0.139. The van der Waals surface area contributed by atoms with Gasteiger partial charge in [0.25, 0.3) is 0 Å². The Morgan fingerprint density at radius 2 is 2.17 bits per heavy atom. The molecule has 2 rings (SSSR count). The molecule has 1 aromatic carbocycles. The number of rotatable bonds is 3. The molecule has 0 radical (unpaired) electrons. The van der Waals surface area contributed by atoms with Gasteiger partial charge in [-0.05, 0) is 12.1 Å². The highest BCUT2D eigenvalue weighted by Gasteiger charge is 2.10. The summed E-state index contributed by atoms with van der Waals surface area (Å²) < 4.78 is 4.59. The second kappa shape index (κ2) is 5.69. The molecule has 0 N–H and O–H groups in total. The van der Waals surface area contributed by atoms with Crippen molar-refractivity contribution in [3.05, 3.63) is 39.3 Å². The van der Waals surface area contributed by atoms with E-state index >= 15 is 0 Å². The number of hydrogen-bond donors (Lipinski definition) is 0. The number of carbonyl (C=O) groups excluding carboxylic acids is 1. The fourth-order valence-corrected chi connectivity index (χ4v) is 2.48. The van der Waals surface area contributed by atoms with E-state index < -0.39 is 0 Å². The summed E-state index contributed by atoms with van der Waals surface area (Å²) in [6.07, 6.45) is 0.175. The van der Waals surface area contributed by atoms with Crippen molar-refractivity contribution >= 4 is 40.5 Å². The van der Waals surface area contributed by atoms with Gasteiger partial charge in [0.2, 0.25) is 0 Å². The molecular formula is C12H9Cl2NO2S. The summed E-state index contributed by atoms with van der Waals surface area (Å²) in [6.45, 7) is 0. The lowest BCUT2D eigenvalue weighted by atomic mass is 10.2. The van der Waals surface area contributed by atoms with Crippen molar-refractivity contribution in [2.24, 2.45) is 0 Å². The highest BCUT2D eigenvalue weighted by Crippen LogP contribution is 2.30. The van der Waals surface area contributed by atoms with Crippen LogP contribution in [0.3, 0.4) is 0 Å². The minimum absolute atomic E-state index is 0.175. The first kappa shape index (κ1) is 13.3. The Morgan fingerprint density at radius 3 is 2.83 bits per heavy atom. The van der Waals surface area contributed by atoms with Gasteiger partial charge in [-0.3, -0.25) is 4.79 Å². The zero-order valence-corrected chi connectivity index (χ0v) is 11.8. The number of ether oxygens (including phenoxy) is 1. The molecule has 0 bridgehead atoms. The molecule has 18 heavy (non-hydrogen) atoms. The van der Waals surface area contributed by atoms with E-state index in [9.17, 15) is 4.79 Å². The Kier molecular flexibility index (Phi) is 4.22. The molecule has 3 nitrogen and oxygen atoms in total. The summed E-state index contributed by atoms with van der Waals surface area (Å²) >= 11 is 13.2. The minimum Gasteiger partial charge on any atom is -0.469 e. The first-order valence-electron chi connectivity index (χ1n) is 5.07. The number of halogens is 2. The number of aromatic nitrogens is 1. The second-order valence-electron chi connectivity index (χ2n) is 3.53. The zero-order chi connectivity index (χ0) is 13.1. The highest BCUT2D eigenvalue weighted by molar-refractivity contribution is 7.13. The number of nitrogens with zero attached hydrogens (tertiary/aromatic N) is 1. The molecule has 0 atom stereocenters. The molecule has 0 saturated carbocycles. The first-order chi connectivity index (χ1) is 8.60. The van der Waals surface area contributed by atoms with Crippen LogP contribution in [-0.2, 0) is 16.0 Å². The molecule has 94 valence electrons. The lowest BCUT2D eigenvalue weighted by Crippen LogP contribution is -2.04. The van der Waals surface area contributed by atoms with E-state index in [4.69, 9.17) is 23.2 Å². The van der Waals surface area contributed by atoms with Crippen LogP contribution in [0.5, 0.6) is 0 Å². The molecule has 1 aromatic heterocycles. The number of thiazole rings is 1. The topological polar surface area (TPSA) is 39.2 Å². The van der Waals surface area contributed by atoms with E-state index in [0.717, 1.165) is 10.6 Å². The summed E-state index contributed by atoms with van der Waals surface area (Å²) in [5.41, 5.74) is 1.57. The van der Waals surface area contributed by atoms with E-state index in [-0.39, 0.29) is 12.4 Å². The molecule has 0 aliphatic carbocycles. The van der Waals surface area contributed by atoms with Crippen LogP contribution in [-0.4, -0.2) is 18.1 Å². The van der Waals surface area contributed by atoms with Crippen molar-refractivity contribution in [1.82, 2.24) is 4.98 Å². The Labute approximate surface area is 118 Å². The van der Waals surface area contributed by atoms with E-state index in [1.807, 2.05) is 11.4 Å². The van der Waals surface area contributed by atoms with Crippen molar-refractivity contribution in [2.45, 2.75) is 6.42 Å². The van der Waals surface area contributed by atoms with Crippen LogP contribution < -0.4 is 0 Å². The van der Waals surface area contributed by atoms with Gasteiger partial charge >= 0.3 is 5.97 Å². The summed E-state index contributed by atoms with van der Waals surface area (Å²) in [5.74, 6) is -0.305. The Morgan fingerprint density at radius 1 is 1.39 bits per heavy atom. The minimum atomic E-state index is -0.305. The largest absolute Gasteiger partial charge is 0.469 e. The Balaban J connectivity index is 2.23. The fourth-order valence-electron chi connectivity index (χ4n) is 1.37. The number of hydrogen-bond acceptors (Lipinski definition) is 4. The predicted octanol–water partition coefficient (Wildman–Crippen LogP) is 3.83. The fraction of sp³-hybridized carbons (Fsp3) is 0.167. The van der Waals surface area contributed by atoms with Gasteiger partial charge < -0.3 is 4.74 Å². The predicted molar refractivity (Wildman–Crippen MR) is 73.3 cm³/mol. The van der Waals surface area contributed by atoms with Crippen LogP contribution in [0.25, 0.3) is 10.6 Å². The SMILES string of the molecule is COC(=O)Cc1csc(-c2ccc(Cl)c(Cl)c2)n1. The van der Waals surface area contributed by atoms with Gasteiger partial charge in [-0.1, -0.05) is 29.3 Å². The molecule has 0 amide bonds. The average molecular weight is 302 g/mol. The standard InChI is InChI=1S/C12H9Cl2NO2S/c1-17-11(16)5-8-6-18-12(15-8)7-2-3-9(13)10(14)4-7/h2-4,6H,5H2,1H3. The molecule has 2 aromatic rings. The van der Waals surface area contributed by atoms with E-state index in [1.54, 1.807) is 12.1 Å².